The van der Waals surface area contributed by atoms with Crippen molar-refractivity contribution in [2.45, 2.75) is 53.0 Å². The highest BCUT2D eigenvalue weighted by Gasteiger charge is 2.49. The summed E-state index contributed by atoms with van der Waals surface area (Å²) >= 11 is 0. The number of rotatable bonds is 5. The second kappa shape index (κ2) is 6.61. The number of carbonyl (C=O) groups is 2. The van der Waals surface area contributed by atoms with Gasteiger partial charge in [-0.2, -0.15) is 5.10 Å². The van der Waals surface area contributed by atoms with Crippen LogP contribution < -0.4 is 10.6 Å². The highest BCUT2D eigenvalue weighted by Crippen LogP contribution is 2.47. The summed E-state index contributed by atoms with van der Waals surface area (Å²) in [6.07, 6.45) is 6.37. The van der Waals surface area contributed by atoms with Crippen molar-refractivity contribution < 1.29 is 9.59 Å². The minimum absolute atomic E-state index is 0.0485. The molecule has 2 aliphatic carbocycles. The number of fused-ring (bicyclic) bond motifs is 1. The summed E-state index contributed by atoms with van der Waals surface area (Å²) < 4.78 is 1.71. The van der Waals surface area contributed by atoms with Crippen molar-refractivity contribution in [2.24, 2.45) is 22.7 Å². The van der Waals surface area contributed by atoms with Gasteiger partial charge in [0.05, 0.1) is 17.3 Å². The molecule has 2 aromatic rings. The number of amides is 2. The summed E-state index contributed by atoms with van der Waals surface area (Å²) in [5.74, 6) is 0.670. The second-order valence-electron chi connectivity index (χ2n) is 9.88. The van der Waals surface area contributed by atoms with Crippen LogP contribution in [0.1, 0.15) is 57.3 Å². The quantitative estimate of drug-likeness (QED) is 0.835. The first-order valence-corrected chi connectivity index (χ1v) is 10.2. The predicted octanol–water partition coefficient (Wildman–Crippen LogP) is 3.03. The largest absolute Gasteiger partial charge is 0.356 e. The molecule has 2 aliphatic rings. The van der Waals surface area contributed by atoms with Crippen LogP contribution in [0, 0.1) is 22.7 Å². The van der Waals surface area contributed by atoms with Gasteiger partial charge in [-0.3, -0.25) is 9.59 Å². The maximum absolute atomic E-state index is 12.8. The monoisotopic (exact) mass is 382 g/mol. The van der Waals surface area contributed by atoms with E-state index in [4.69, 9.17) is 0 Å². The van der Waals surface area contributed by atoms with Gasteiger partial charge in [-0.1, -0.05) is 27.7 Å². The van der Waals surface area contributed by atoms with Crippen molar-refractivity contribution in [3.8, 4) is 0 Å². The van der Waals surface area contributed by atoms with E-state index in [0.717, 1.165) is 24.8 Å². The lowest BCUT2D eigenvalue weighted by atomic mass is 9.58. The third-order valence-electron chi connectivity index (χ3n) is 6.95. The van der Waals surface area contributed by atoms with E-state index in [2.05, 4.69) is 43.4 Å². The number of nitrogens with one attached hydrogen (secondary N) is 2. The third kappa shape index (κ3) is 3.29. The Morgan fingerprint density at radius 2 is 1.96 bits per heavy atom. The van der Waals surface area contributed by atoms with Gasteiger partial charge in [-0.05, 0) is 54.2 Å². The van der Waals surface area contributed by atoms with Crippen molar-refractivity contribution in [2.75, 3.05) is 6.54 Å². The number of carbonyl (C=O) groups excluding carboxylic acids is 2. The maximum atomic E-state index is 12.8. The molecule has 2 unspecified atom stereocenters. The van der Waals surface area contributed by atoms with E-state index < -0.39 is 0 Å². The van der Waals surface area contributed by atoms with Crippen LogP contribution >= 0.6 is 0 Å². The average molecular weight is 383 g/mol. The number of hydrogen-bond donors (Lipinski definition) is 2. The van der Waals surface area contributed by atoms with Gasteiger partial charge in [0, 0.05) is 24.7 Å². The van der Waals surface area contributed by atoms with Gasteiger partial charge < -0.3 is 10.6 Å². The molecule has 0 radical (unpaired) electrons. The standard InChI is InChI=1S/C22H30N4O2/c1-21(2)11-14(12-21)19(27)23-13-15-10-18(22(15,3)4)25-20(28)16-6-5-9-26-17(16)7-8-24-26/h5-9,14-15,18H,10-13H2,1-4H3,(H,23,27)(H,25,28). The Hall–Kier alpha value is -2.37. The summed E-state index contributed by atoms with van der Waals surface area (Å²) in [5.41, 5.74) is 1.71. The van der Waals surface area contributed by atoms with Gasteiger partial charge >= 0.3 is 0 Å². The molecule has 2 saturated carbocycles. The van der Waals surface area contributed by atoms with Gasteiger partial charge in [0.25, 0.3) is 5.91 Å². The van der Waals surface area contributed by atoms with E-state index in [0.29, 0.717) is 23.4 Å². The van der Waals surface area contributed by atoms with E-state index >= 15 is 0 Å². The Morgan fingerprint density at radius 1 is 1.21 bits per heavy atom. The van der Waals surface area contributed by atoms with Gasteiger partial charge in [0.1, 0.15) is 0 Å². The molecule has 2 amide bonds. The molecule has 6 heteroatoms. The van der Waals surface area contributed by atoms with Crippen LogP contribution in [-0.4, -0.2) is 34.0 Å². The third-order valence-corrected chi connectivity index (χ3v) is 6.95. The Kier molecular flexibility index (Phi) is 4.47. The fourth-order valence-electron chi connectivity index (χ4n) is 4.82. The van der Waals surface area contributed by atoms with Crippen molar-refractivity contribution in [3.63, 3.8) is 0 Å². The molecule has 2 heterocycles. The van der Waals surface area contributed by atoms with Gasteiger partial charge in [-0.15, -0.1) is 0 Å². The van der Waals surface area contributed by atoms with Crippen molar-refractivity contribution in [1.29, 1.82) is 0 Å². The Labute approximate surface area is 166 Å². The zero-order valence-electron chi connectivity index (χ0n) is 17.2. The molecular weight excluding hydrogens is 352 g/mol. The molecule has 2 atom stereocenters. The fourth-order valence-corrected chi connectivity index (χ4v) is 4.82. The number of hydrogen-bond acceptors (Lipinski definition) is 3. The number of aromatic nitrogens is 2. The molecule has 0 spiro atoms. The fraction of sp³-hybridized carbons (Fsp3) is 0.591. The SMILES string of the molecule is CC1(C)CC(C(=O)NCC2CC(NC(=O)c3cccn4nccc34)C2(C)C)C1. The molecule has 4 rings (SSSR count). The molecule has 2 aromatic heterocycles. The van der Waals surface area contributed by atoms with Gasteiger partial charge in [0.15, 0.2) is 0 Å². The van der Waals surface area contributed by atoms with Crippen molar-refractivity contribution in [1.82, 2.24) is 20.2 Å². The topological polar surface area (TPSA) is 75.5 Å². The van der Waals surface area contributed by atoms with E-state index in [1.807, 2.05) is 24.4 Å². The van der Waals surface area contributed by atoms with Crippen LogP contribution in [-0.2, 0) is 4.79 Å². The first kappa shape index (κ1) is 19.0. The zero-order valence-corrected chi connectivity index (χ0v) is 17.2. The summed E-state index contributed by atoms with van der Waals surface area (Å²) in [7, 11) is 0. The zero-order chi connectivity index (χ0) is 20.1. The Morgan fingerprint density at radius 3 is 2.64 bits per heavy atom. The van der Waals surface area contributed by atoms with E-state index in [1.165, 1.54) is 0 Å². The second-order valence-corrected chi connectivity index (χ2v) is 9.88. The average Bonchev–Trinajstić information content (AvgIpc) is 3.10. The van der Waals surface area contributed by atoms with Gasteiger partial charge in [0.2, 0.25) is 5.91 Å². The summed E-state index contributed by atoms with van der Waals surface area (Å²) in [6.45, 7) is 9.45. The lowest BCUT2D eigenvalue weighted by Crippen LogP contribution is -2.61. The van der Waals surface area contributed by atoms with E-state index in [1.54, 1.807) is 10.7 Å². The lowest BCUT2D eigenvalue weighted by molar-refractivity contribution is -0.132. The lowest BCUT2D eigenvalue weighted by Gasteiger charge is -2.52. The van der Waals surface area contributed by atoms with Crippen LogP contribution in [0.5, 0.6) is 0 Å². The van der Waals surface area contributed by atoms with E-state index in [9.17, 15) is 9.59 Å². The molecule has 0 aliphatic heterocycles. The van der Waals surface area contributed by atoms with Crippen LogP contribution in [0.4, 0.5) is 0 Å². The molecule has 2 fully saturated rings. The minimum atomic E-state index is -0.0663. The highest BCUT2D eigenvalue weighted by molar-refractivity contribution is 6.00. The van der Waals surface area contributed by atoms with Crippen molar-refractivity contribution in [3.05, 3.63) is 36.2 Å². The molecule has 28 heavy (non-hydrogen) atoms. The van der Waals surface area contributed by atoms with Crippen LogP contribution in [0.2, 0.25) is 0 Å². The summed E-state index contributed by atoms with van der Waals surface area (Å²) in [5, 5.41) is 10.5. The molecule has 0 saturated heterocycles. The molecule has 150 valence electrons. The highest BCUT2D eigenvalue weighted by atomic mass is 16.2. The number of nitrogens with zero attached hydrogens (tertiary/aromatic N) is 2. The molecular formula is C22H30N4O2. The molecule has 6 nitrogen and oxygen atoms in total. The summed E-state index contributed by atoms with van der Waals surface area (Å²) in [6, 6.07) is 5.62. The first-order valence-electron chi connectivity index (χ1n) is 10.2. The van der Waals surface area contributed by atoms with Crippen LogP contribution in [0.15, 0.2) is 30.6 Å². The molecule has 0 bridgehead atoms. The smallest absolute Gasteiger partial charge is 0.253 e. The number of pyridine rings is 1. The van der Waals surface area contributed by atoms with Gasteiger partial charge in [-0.25, -0.2) is 4.52 Å². The van der Waals surface area contributed by atoms with Crippen LogP contribution in [0.25, 0.3) is 5.52 Å². The normalized spacial score (nSPS) is 25.6. The molecule has 0 aromatic carbocycles. The predicted molar refractivity (Wildman–Crippen MR) is 108 cm³/mol. The van der Waals surface area contributed by atoms with Crippen molar-refractivity contribution >= 4 is 17.3 Å². The van der Waals surface area contributed by atoms with E-state index in [-0.39, 0.29) is 29.2 Å². The van der Waals surface area contributed by atoms with Crippen LogP contribution in [0.3, 0.4) is 0 Å². The Bertz CT molecular complexity index is 906. The first-order chi connectivity index (χ1) is 13.2. The minimum Gasteiger partial charge on any atom is -0.356 e. The summed E-state index contributed by atoms with van der Waals surface area (Å²) in [4.78, 5) is 25.1. The Balaban J connectivity index is 1.31. The maximum Gasteiger partial charge on any atom is 0.253 e. The molecule has 2 N–H and O–H groups in total.